The number of aromatic nitrogens is 3. The van der Waals surface area contributed by atoms with E-state index in [-0.39, 0.29) is 16.9 Å². The van der Waals surface area contributed by atoms with Crippen LogP contribution >= 0.6 is 11.6 Å². The second-order valence-electron chi connectivity index (χ2n) is 3.66. The highest BCUT2D eigenvalue weighted by Crippen LogP contribution is 2.11. The normalized spacial score (nSPS) is 10.3. The molecule has 0 saturated heterocycles. The molecule has 0 fully saturated rings. The van der Waals surface area contributed by atoms with Gasteiger partial charge in [-0.05, 0) is 12.1 Å². The van der Waals surface area contributed by atoms with Crippen molar-refractivity contribution in [3.05, 3.63) is 41.6 Å². The number of imidazole rings is 1. The molecule has 2 aromatic heterocycles. The van der Waals surface area contributed by atoms with Crippen LogP contribution in [0.4, 0.5) is 5.82 Å². The van der Waals surface area contributed by atoms with E-state index in [1.54, 1.807) is 12.5 Å². The summed E-state index contributed by atoms with van der Waals surface area (Å²) in [6.45, 7) is 1.15. The van der Waals surface area contributed by atoms with Crippen LogP contribution in [0.2, 0.25) is 5.15 Å². The number of nitrogen functional groups attached to an aromatic ring is 1. The highest BCUT2D eigenvalue weighted by molar-refractivity contribution is 6.29. The summed E-state index contributed by atoms with van der Waals surface area (Å²) in [4.78, 5) is 19.5. The topological polar surface area (TPSA) is 85.8 Å². The lowest BCUT2D eigenvalue weighted by molar-refractivity contribution is 0.0952. The lowest BCUT2D eigenvalue weighted by Gasteiger charge is -2.06. The number of nitrogens with one attached hydrogen (secondary N) is 1. The number of halogens is 1. The van der Waals surface area contributed by atoms with Crippen LogP contribution in [0.1, 0.15) is 10.4 Å². The number of carbonyl (C=O) groups excluding carboxylic acids is 1. The van der Waals surface area contributed by atoms with Gasteiger partial charge in [-0.25, -0.2) is 9.97 Å². The second-order valence-corrected chi connectivity index (χ2v) is 4.05. The fraction of sp³-hybridized carbons (Fsp3) is 0.182. The maximum absolute atomic E-state index is 11.8. The Kier molecular flexibility index (Phi) is 3.78. The maximum Gasteiger partial charge on any atom is 0.251 e. The summed E-state index contributed by atoms with van der Waals surface area (Å²) in [5.41, 5.74) is 5.92. The highest BCUT2D eigenvalue weighted by Gasteiger charge is 2.07. The molecule has 0 atom stereocenters. The minimum absolute atomic E-state index is 0.203. The van der Waals surface area contributed by atoms with Gasteiger partial charge < -0.3 is 15.6 Å². The summed E-state index contributed by atoms with van der Waals surface area (Å²) < 4.78 is 1.87. The lowest BCUT2D eigenvalue weighted by atomic mass is 10.2. The molecule has 2 heterocycles. The van der Waals surface area contributed by atoms with E-state index >= 15 is 0 Å². The van der Waals surface area contributed by atoms with Crippen molar-refractivity contribution < 1.29 is 4.79 Å². The van der Waals surface area contributed by atoms with Gasteiger partial charge >= 0.3 is 0 Å². The zero-order valence-electron chi connectivity index (χ0n) is 9.51. The Bertz CT molecular complexity index is 520. The molecule has 2 rings (SSSR count). The number of nitrogens with zero attached hydrogens (tertiary/aromatic N) is 3. The smallest absolute Gasteiger partial charge is 0.251 e. The Labute approximate surface area is 109 Å². The Morgan fingerprint density at radius 2 is 2.33 bits per heavy atom. The molecule has 7 heteroatoms. The lowest BCUT2D eigenvalue weighted by Crippen LogP contribution is -2.27. The largest absolute Gasteiger partial charge is 0.384 e. The van der Waals surface area contributed by atoms with E-state index in [4.69, 9.17) is 17.3 Å². The Morgan fingerprint density at radius 1 is 1.50 bits per heavy atom. The SMILES string of the molecule is Nc1cc(C(=O)NCCn2ccnc2)cc(Cl)n1. The minimum Gasteiger partial charge on any atom is -0.384 e. The summed E-state index contributed by atoms with van der Waals surface area (Å²) in [5, 5.41) is 2.97. The number of carbonyl (C=O) groups is 1. The third kappa shape index (κ3) is 3.21. The maximum atomic E-state index is 11.8. The average molecular weight is 266 g/mol. The summed E-state index contributed by atoms with van der Waals surface area (Å²) in [6.07, 6.45) is 5.20. The molecule has 0 aliphatic carbocycles. The third-order valence-electron chi connectivity index (χ3n) is 2.29. The van der Waals surface area contributed by atoms with Crippen LogP contribution in [-0.4, -0.2) is 27.0 Å². The van der Waals surface area contributed by atoms with E-state index in [9.17, 15) is 4.79 Å². The van der Waals surface area contributed by atoms with Gasteiger partial charge in [0, 0.05) is 31.0 Å². The van der Waals surface area contributed by atoms with E-state index in [0.717, 1.165) is 0 Å². The number of pyridine rings is 1. The molecule has 0 radical (unpaired) electrons. The van der Waals surface area contributed by atoms with Crippen LogP contribution in [0.5, 0.6) is 0 Å². The van der Waals surface area contributed by atoms with Crippen LogP contribution in [0, 0.1) is 0 Å². The number of hydrogen-bond donors (Lipinski definition) is 2. The second kappa shape index (κ2) is 5.50. The van der Waals surface area contributed by atoms with Crippen LogP contribution in [0.25, 0.3) is 0 Å². The first-order valence-corrected chi connectivity index (χ1v) is 5.70. The molecule has 3 N–H and O–H groups in total. The number of anilines is 1. The predicted octanol–water partition coefficient (Wildman–Crippen LogP) is 0.944. The summed E-state index contributed by atoms with van der Waals surface area (Å²) >= 11 is 5.73. The van der Waals surface area contributed by atoms with Crippen molar-refractivity contribution in [1.29, 1.82) is 0 Å². The van der Waals surface area contributed by atoms with Crippen molar-refractivity contribution in [2.24, 2.45) is 0 Å². The van der Waals surface area contributed by atoms with Crippen molar-refractivity contribution in [3.8, 4) is 0 Å². The molecular formula is C11H12ClN5O. The molecule has 0 aliphatic rings. The first-order valence-electron chi connectivity index (χ1n) is 5.32. The molecule has 0 aromatic carbocycles. The van der Waals surface area contributed by atoms with E-state index in [2.05, 4.69) is 15.3 Å². The van der Waals surface area contributed by atoms with Crippen LogP contribution in [-0.2, 0) is 6.54 Å². The average Bonchev–Trinajstić information content (AvgIpc) is 2.80. The van der Waals surface area contributed by atoms with Crippen molar-refractivity contribution in [1.82, 2.24) is 19.9 Å². The van der Waals surface area contributed by atoms with Gasteiger partial charge in [0.15, 0.2) is 0 Å². The summed E-state index contributed by atoms with van der Waals surface area (Å²) in [6, 6.07) is 2.96. The molecule has 0 unspecified atom stereocenters. The first-order chi connectivity index (χ1) is 8.65. The van der Waals surface area contributed by atoms with Crippen molar-refractivity contribution in [3.63, 3.8) is 0 Å². The minimum atomic E-state index is -0.230. The van der Waals surface area contributed by atoms with Gasteiger partial charge in [-0.1, -0.05) is 11.6 Å². The molecule has 6 nitrogen and oxygen atoms in total. The number of hydrogen-bond acceptors (Lipinski definition) is 4. The van der Waals surface area contributed by atoms with Crippen LogP contribution < -0.4 is 11.1 Å². The van der Waals surface area contributed by atoms with E-state index in [1.165, 1.54) is 12.1 Å². The van der Waals surface area contributed by atoms with Crippen molar-refractivity contribution in [2.75, 3.05) is 12.3 Å². The number of nitrogens with two attached hydrogens (primary N) is 1. The molecule has 0 aliphatic heterocycles. The molecule has 0 saturated carbocycles. The number of amides is 1. The predicted molar refractivity (Wildman–Crippen MR) is 68.2 cm³/mol. The van der Waals surface area contributed by atoms with Gasteiger partial charge in [0.25, 0.3) is 5.91 Å². The number of rotatable bonds is 4. The Balaban J connectivity index is 1.91. The van der Waals surface area contributed by atoms with Crippen molar-refractivity contribution in [2.45, 2.75) is 6.54 Å². The zero-order chi connectivity index (χ0) is 13.0. The van der Waals surface area contributed by atoms with Crippen LogP contribution in [0.15, 0.2) is 30.9 Å². The fourth-order valence-electron chi connectivity index (χ4n) is 1.47. The molecule has 18 heavy (non-hydrogen) atoms. The monoisotopic (exact) mass is 265 g/mol. The van der Waals surface area contributed by atoms with Gasteiger partial charge in [0.05, 0.1) is 6.33 Å². The van der Waals surface area contributed by atoms with Gasteiger partial charge in [0.1, 0.15) is 11.0 Å². The molecule has 0 bridgehead atoms. The van der Waals surface area contributed by atoms with Gasteiger partial charge in [-0.15, -0.1) is 0 Å². The molecule has 94 valence electrons. The van der Waals surface area contributed by atoms with E-state index < -0.39 is 0 Å². The molecular weight excluding hydrogens is 254 g/mol. The summed E-state index contributed by atoms with van der Waals surface area (Å²) in [7, 11) is 0. The molecule has 0 spiro atoms. The third-order valence-corrected chi connectivity index (χ3v) is 2.48. The Hall–Kier alpha value is -2.08. The molecule has 1 amide bonds. The molecule has 2 aromatic rings. The Morgan fingerprint density at radius 3 is 3.00 bits per heavy atom. The van der Waals surface area contributed by atoms with E-state index in [0.29, 0.717) is 18.7 Å². The highest BCUT2D eigenvalue weighted by atomic mass is 35.5. The zero-order valence-corrected chi connectivity index (χ0v) is 10.3. The van der Waals surface area contributed by atoms with Gasteiger partial charge in [0.2, 0.25) is 0 Å². The van der Waals surface area contributed by atoms with Gasteiger partial charge in [-0.3, -0.25) is 4.79 Å². The standard InChI is InChI=1S/C11H12ClN5O/c12-9-5-8(6-10(13)16-9)11(18)15-2-4-17-3-1-14-7-17/h1,3,5-7H,2,4H2,(H2,13,16)(H,15,18). The van der Waals surface area contributed by atoms with E-state index in [1.807, 2.05) is 10.8 Å². The van der Waals surface area contributed by atoms with Gasteiger partial charge in [-0.2, -0.15) is 0 Å². The van der Waals surface area contributed by atoms with Crippen molar-refractivity contribution >= 4 is 23.3 Å². The summed E-state index contributed by atoms with van der Waals surface area (Å²) in [5.74, 6) is -0.00613. The van der Waals surface area contributed by atoms with Crippen LogP contribution in [0.3, 0.4) is 0 Å². The quantitative estimate of drug-likeness (QED) is 0.806. The fourth-order valence-corrected chi connectivity index (χ4v) is 1.68. The first kappa shape index (κ1) is 12.4.